The molecule has 1 aliphatic rings. The van der Waals surface area contributed by atoms with Gasteiger partial charge in [-0.15, -0.1) is 0 Å². The Morgan fingerprint density at radius 2 is 1.75 bits per heavy atom. The molecule has 2 aromatic rings. The summed E-state index contributed by atoms with van der Waals surface area (Å²) in [7, 11) is 0. The van der Waals surface area contributed by atoms with Crippen LogP contribution < -0.4 is 10.4 Å². The molecule has 2 aromatic carbocycles. The van der Waals surface area contributed by atoms with Crippen molar-refractivity contribution in [3.8, 4) is 11.5 Å². The van der Waals surface area contributed by atoms with E-state index in [-0.39, 0.29) is 27.7 Å². The van der Waals surface area contributed by atoms with Crippen LogP contribution in [0.4, 0.5) is 5.69 Å². The van der Waals surface area contributed by atoms with Crippen LogP contribution in [-0.2, 0) is 9.59 Å². The highest BCUT2D eigenvalue weighted by Crippen LogP contribution is 2.30. The summed E-state index contributed by atoms with van der Waals surface area (Å²) in [5.41, 5.74) is 2.82. The van der Waals surface area contributed by atoms with Gasteiger partial charge in [0, 0.05) is 11.6 Å². The van der Waals surface area contributed by atoms with Crippen molar-refractivity contribution in [2.24, 2.45) is 0 Å². The number of aromatic hydroxyl groups is 2. The molecule has 3 N–H and O–H groups in total. The van der Waals surface area contributed by atoms with Crippen molar-refractivity contribution in [3.63, 3.8) is 0 Å². The SMILES string of the molecule is O=C1NN(c2ccc(Cl)c(Cl)c2)C(=O)C1=Cc1ccc(O)cc1O. The zero-order chi connectivity index (χ0) is 17.4. The van der Waals surface area contributed by atoms with Crippen LogP contribution in [0.1, 0.15) is 5.56 Å². The van der Waals surface area contributed by atoms with Crippen molar-refractivity contribution in [1.29, 1.82) is 0 Å². The first kappa shape index (κ1) is 16.2. The number of phenolic OH excluding ortho intramolecular Hbond substituents is 2. The van der Waals surface area contributed by atoms with Crippen LogP contribution in [-0.4, -0.2) is 22.0 Å². The Labute approximate surface area is 146 Å². The Kier molecular flexibility index (Phi) is 4.09. The summed E-state index contributed by atoms with van der Waals surface area (Å²) in [4.78, 5) is 24.5. The monoisotopic (exact) mass is 364 g/mol. The summed E-state index contributed by atoms with van der Waals surface area (Å²) >= 11 is 11.8. The molecule has 1 aliphatic heterocycles. The number of benzene rings is 2. The molecule has 0 atom stereocenters. The average Bonchev–Trinajstić information content (AvgIpc) is 2.80. The lowest BCUT2D eigenvalue weighted by Crippen LogP contribution is -2.35. The maximum Gasteiger partial charge on any atom is 0.282 e. The van der Waals surface area contributed by atoms with E-state index in [9.17, 15) is 19.8 Å². The molecule has 0 spiro atoms. The second-order valence-corrected chi connectivity index (χ2v) is 5.80. The lowest BCUT2D eigenvalue weighted by Gasteiger charge is -2.15. The van der Waals surface area contributed by atoms with Crippen LogP contribution >= 0.6 is 23.2 Å². The molecular formula is C16H10Cl2N2O4. The predicted molar refractivity (Wildman–Crippen MR) is 89.8 cm³/mol. The zero-order valence-corrected chi connectivity index (χ0v) is 13.5. The number of hydrogen-bond acceptors (Lipinski definition) is 4. The summed E-state index contributed by atoms with van der Waals surface area (Å²) in [6.07, 6.45) is 1.24. The maximum atomic E-state index is 12.5. The minimum absolute atomic E-state index is 0.130. The van der Waals surface area contributed by atoms with Gasteiger partial charge in [0.25, 0.3) is 11.8 Å². The van der Waals surface area contributed by atoms with Gasteiger partial charge in [-0.05, 0) is 36.4 Å². The Balaban J connectivity index is 1.97. The molecule has 1 heterocycles. The number of phenols is 2. The van der Waals surface area contributed by atoms with Crippen LogP contribution in [0, 0.1) is 0 Å². The number of carbonyl (C=O) groups excluding carboxylic acids is 2. The van der Waals surface area contributed by atoms with Gasteiger partial charge in [0.15, 0.2) is 0 Å². The number of rotatable bonds is 2. The van der Waals surface area contributed by atoms with Crippen molar-refractivity contribution >= 4 is 46.8 Å². The molecule has 6 nitrogen and oxygen atoms in total. The molecule has 0 radical (unpaired) electrons. The Bertz CT molecular complexity index is 896. The molecule has 0 bridgehead atoms. The summed E-state index contributed by atoms with van der Waals surface area (Å²) in [5.74, 6) is -1.62. The fourth-order valence-corrected chi connectivity index (χ4v) is 2.47. The van der Waals surface area contributed by atoms with Crippen molar-refractivity contribution in [2.75, 3.05) is 5.01 Å². The molecular weight excluding hydrogens is 355 g/mol. The van der Waals surface area contributed by atoms with Crippen molar-refractivity contribution < 1.29 is 19.8 Å². The molecule has 1 fully saturated rings. The van der Waals surface area contributed by atoms with E-state index in [0.29, 0.717) is 10.7 Å². The highest BCUT2D eigenvalue weighted by atomic mass is 35.5. The first-order chi connectivity index (χ1) is 11.4. The molecule has 3 rings (SSSR count). The second kappa shape index (κ2) is 6.07. The van der Waals surface area contributed by atoms with E-state index in [1.54, 1.807) is 0 Å². The molecule has 0 aliphatic carbocycles. The largest absolute Gasteiger partial charge is 0.508 e. The van der Waals surface area contributed by atoms with E-state index in [1.165, 1.54) is 36.4 Å². The van der Waals surface area contributed by atoms with Crippen LogP contribution in [0.3, 0.4) is 0 Å². The van der Waals surface area contributed by atoms with Gasteiger partial charge in [-0.25, -0.2) is 5.01 Å². The van der Waals surface area contributed by atoms with Gasteiger partial charge in [0.1, 0.15) is 17.1 Å². The molecule has 8 heteroatoms. The molecule has 24 heavy (non-hydrogen) atoms. The zero-order valence-electron chi connectivity index (χ0n) is 12.0. The summed E-state index contributed by atoms with van der Waals surface area (Å²) in [6.45, 7) is 0. The van der Waals surface area contributed by atoms with E-state index < -0.39 is 11.8 Å². The van der Waals surface area contributed by atoms with Crippen molar-refractivity contribution in [3.05, 3.63) is 57.6 Å². The molecule has 2 amide bonds. The van der Waals surface area contributed by atoms with E-state index in [0.717, 1.165) is 11.1 Å². The third-order valence-electron chi connectivity index (χ3n) is 3.37. The number of amides is 2. The standard InChI is InChI=1S/C16H10Cl2N2O4/c17-12-4-2-9(6-13(12)18)20-16(24)11(15(23)19-20)5-8-1-3-10(21)7-14(8)22/h1-7,21-22H,(H,19,23). The number of halogens is 2. The normalized spacial score (nSPS) is 15.9. The molecule has 122 valence electrons. The molecule has 0 saturated carbocycles. The predicted octanol–water partition coefficient (Wildman–Crippen LogP) is 2.87. The minimum atomic E-state index is -0.626. The topological polar surface area (TPSA) is 89.9 Å². The lowest BCUT2D eigenvalue weighted by molar-refractivity contribution is -0.117. The lowest BCUT2D eigenvalue weighted by atomic mass is 10.1. The number of nitrogens with zero attached hydrogens (tertiary/aromatic N) is 1. The fraction of sp³-hybridized carbons (Fsp3) is 0. The van der Waals surface area contributed by atoms with Crippen molar-refractivity contribution in [2.45, 2.75) is 0 Å². The molecule has 1 saturated heterocycles. The van der Waals surface area contributed by atoms with E-state index in [4.69, 9.17) is 23.2 Å². The van der Waals surface area contributed by atoms with Gasteiger partial charge in [-0.3, -0.25) is 15.0 Å². The Morgan fingerprint density at radius 1 is 1.00 bits per heavy atom. The molecule has 0 unspecified atom stereocenters. The number of nitrogens with one attached hydrogen (secondary N) is 1. The smallest absolute Gasteiger partial charge is 0.282 e. The number of hydrogen-bond donors (Lipinski definition) is 3. The Morgan fingerprint density at radius 3 is 2.42 bits per heavy atom. The maximum absolute atomic E-state index is 12.5. The Hall–Kier alpha value is -2.70. The number of hydrazine groups is 1. The van der Waals surface area contributed by atoms with E-state index in [2.05, 4.69) is 5.43 Å². The molecule has 0 aromatic heterocycles. The van der Waals surface area contributed by atoms with Gasteiger partial charge in [0.05, 0.1) is 15.7 Å². The summed E-state index contributed by atoms with van der Waals surface area (Å²) < 4.78 is 0. The third-order valence-corrected chi connectivity index (χ3v) is 4.11. The van der Waals surface area contributed by atoms with Crippen molar-refractivity contribution in [1.82, 2.24) is 5.43 Å². The van der Waals surface area contributed by atoms with Crippen LogP contribution in [0.15, 0.2) is 42.0 Å². The van der Waals surface area contributed by atoms with E-state index >= 15 is 0 Å². The highest BCUT2D eigenvalue weighted by molar-refractivity contribution is 6.42. The summed E-state index contributed by atoms with van der Waals surface area (Å²) in [6, 6.07) is 8.32. The quantitative estimate of drug-likeness (QED) is 0.564. The second-order valence-electron chi connectivity index (χ2n) is 4.98. The van der Waals surface area contributed by atoms with Gasteiger partial charge < -0.3 is 10.2 Å². The third kappa shape index (κ3) is 2.89. The first-order valence-corrected chi connectivity index (χ1v) is 7.46. The number of carbonyl (C=O) groups is 2. The van der Waals surface area contributed by atoms with E-state index in [1.807, 2.05) is 0 Å². The van der Waals surface area contributed by atoms with Crippen LogP contribution in [0.25, 0.3) is 6.08 Å². The highest BCUT2D eigenvalue weighted by Gasteiger charge is 2.34. The summed E-state index contributed by atoms with van der Waals surface area (Å²) in [5, 5.41) is 20.7. The van der Waals surface area contributed by atoms with Gasteiger partial charge in [0.2, 0.25) is 0 Å². The van der Waals surface area contributed by atoms with Crippen LogP contribution in [0.5, 0.6) is 11.5 Å². The first-order valence-electron chi connectivity index (χ1n) is 6.71. The van der Waals surface area contributed by atoms with Gasteiger partial charge >= 0.3 is 0 Å². The van der Waals surface area contributed by atoms with Gasteiger partial charge in [-0.2, -0.15) is 0 Å². The van der Waals surface area contributed by atoms with Gasteiger partial charge in [-0.1, -0.05) is 23.2 Å². The fourth-order valence-electron chi connectivity index (χ4n) is 2.17. The minimum Gasteiger partial charge on any atom is -0.508 e. The van der Waals surface area contributed by atoms with Crippen LogP contribution in [0.2, 0.25) is 10.0 Å². The average molecular weight is 365 g/mol. The number of anilines is 1.